The molecular weight excluding hydrogens is 500 g/mol. The van der Waals surface area contributed by atoms with Gasteiger partial charge in [-0.15, -0.1) is 0 Å². The van der Waals surface area contributed by atoms with E-state index in [-0.39, 0.29) is 6.04 Å². The number of anilines is 1. The quantitative estimate of drug-likeness (QED) is 0.174. The van der Waals surface area contributed by atoms with Gasteiger partial charge in [-0.1, -0.05) is 102 Å². The summed E-state index contributed by atoms with van der Waals surface area (Å²) in [7, 11) is 0. The molecule has 5 aromatic carbocycles. The summed E-state index contributed by atoms with van der Waals surface area (Å²) < 4.78 is 6.33. The van der Waals surface area contributed by atoms with Crippen LogP contribution >= 0.6 is 0 Å². The van der Waals surface area contributed by atoms with Crippen molar-refractivity contribution in [3.05, 3.63) is 149 Å². The van der Waals surface area contributed by atoms with E-state index >= 15 is 0 Å². The Kier molecular flexibility index (Phi) is 6.64. The lowest BCUT2D eigenvalue weighted by molar-refractivity contribution is 0.306. The van der Waals surface area contributed by atoms with E-state index in [4.69, 9.17) is 9.73 Å². The average Bonchev–Trinajstić information content (AvgIpc) is 3.50. The summed E-state index contributed by atoms with van der Waals surface area (Å²) >= 11 is 0. The van der Waals surface area contributed by atoms with E-state index in [0.717, 1.165) is 34.4 Å². The number of allylic oxidation sites excluding steroid dienone is 2. The molecule has 1 heterocycles. The normalized spacial score (nSPS) is 19.2. The van der Waals surface area contributed by atoms with Crippen LogP contribution in [0.4, 0.5) is 11.4 Å². The largest absolute Gasteiger partial charge is 0.488 e. The van der Waals surface area contributed by atoms with Crippen molar-refractivity contribution in [3.8, 4) is 5.75 Å². The first-order chi connectivity index (χ1) is 20.1. The second-order valence-electron chi connectivity index (χ2n) is 11.4. The second kappa shape index (κ2) is 10.7. The van der Waals surface area contributed by atoms with Gasteiger partial charge >= 0.3 is 0 Å². The monoisotopic (exact) mass is 534 g/mol. The number of fused-ring (bicyclic) bond motifs is 4. The van der Waals surface area contributed by atoms with Gasteiger partial charge in [0.15, 0.2) is 0 Å². The van der Waals surface area contributed by atoms with Gasteiger partial charge in [0.05, 0.1) is 11.7 Å². The number of aliphatic imine (C=N–C) groups is 1. The van der Waals surface area contributed by atoms with Gasteiger partial charge in [0.2, 0.25) is 0 Å². The maximum Gasteiger partial charge on any atom is 0.129 e. The molecule has 3 atom stereocenters. The average molecular weight is 535 g/mol. The molecule has 41 heavy (non-hydrogen) atoms. The smallest absolute Gasteiger partial charge is 0.129 e. The van der Waals surface area contributed by atoms with Crippen molar-refractivity contribution in [1.29, 1.82) is 0 Å². The predicted octanol–water partition coefficient (Wildman–Crippen LogP) is 9.61. The Morgan fingerprint density at radius 3 is 2.51 bits per heavy atom. The Morgan fingerprint density at radius 2 is 1.66 bits per heavy atom. The number of rotatable bonds is 6. The topological polar surface area (TPSA) is 33.6 Å². The van der Waals surface area contributed by atoms with Crippen LogP contribution in [0.15, 0.2) is 120 Å². The fourth-order valence-electron chi connectivity index (χ4n) is 6.33. The number of hydrogen-bond acceptors (Lipinski definition) is 3. The lowest BCUT2D eigenvalue weighted by atomic mass is 9.76. The van der Waals surface area contributed by atoms with Crippen molar-refractivity contribution in [2.75, 3.05) is 5.32 Å². The Balaban J connectivity index is 1.15. The van der Waals surface area contributed by atoms with Gasteiger partial charge in [-0.3, -0.25) is 4.99 Å². The molecule has 0 aromatic heterocycles. The lowest BCUT2D eigenvalue weighted by Crippen LogP contribution is -2.29. The van der Waals surface area contributed by atoms with E-state index in [1.54, 1.807) is 0 Å². The number of ether oxygens (including phenoxy) is 1. The predicted molar refractivity (Wildman–Crippen MR) is 171 cm³/mol. The van der Waals surface area contributed by atoms with Gasteiger partial charge in [0.25, 0.3) is 0 Å². The van der Waals surface area contributed by atoms with Crippen LogP contribution in [0.3, 0.4) is 0 Å². The summed E-state index contributed by atoms with van der Waals surface area (Å²) in [6, 6.07) is 36.9. The first-order valence-electron chi connectivity index (χ1n) is 14.5. The lowest BCUT2D eigenvalue weighted by Gasteiger charge is -2.37. The third kappa shape index (κ3) is 5.04. The third-order valence-corrected chi connectivity index (χ3v) is 8.56. The molecule has 0 spiro atoms. The molecule has 7 rings (SSSR count). The zero-order chi connectivity index (χ0) is 27.8. The van der Waals surface area contributed by atoms with Crippen LogP contribution in [0.5, 0.6) is 5.75 Å². The van der Waals surface area contributed by atoms with Gasteiger partial charge < -0.3 is 10.1 Å². The molecule has 1 aliphatic carbocycles. The van der Waals surface area contributed by atoms with Crippen LogP contribution in [-0.4, -0.2) is 6.21 Å². The van der Waals surface area contributed by atoms with Crippen LogP contribution in [0.25, 0.3) is 10.8 Å². The molecule has 5 aromatic rings. The van der Waals surface area contributed by atoms with E-state index in [1.165, 1.54) is 33.3 Å². The second-order valence-corrected chi connectivity index (χ2v) is 11.4. The van der Waals surface area contributed by atoms with E-state index in [0.29, 0.717) is 18.4 Å². The summed E-state index contributed by atoms with van der Waals surface area (Å²) in [5.41, 5.74) is 9.63. The Bertz CT molecular complexity index is 1770. The Morgan fingerprint density at radius 1 is 0.854 bits per heavy atom. The zero-order valence-corrected chi connectivity index (χ0v) is 23.5. The summed E-state index contributed by atoms with van der Waals surface area (Å²) in [6.45, 7) is 4.79. The maximum absolute atomic E-state index is 6.33. The molecule has 0 radical (unpaired) electrons. The van der Waals surface area contributed by atoms with E-state index < -0.39 is 0 Å². The van der Waals surface area contributed by atoms with Crippen molar-refractivity contribution in [1.82, 2.24) is 0 Å². The number of aryl methyl sites for hydroxylation is 2. The molecule has 1 N–H and O–H groups in total. The van der Waals surface area contributed by atoms with Gasteiger partial charge in [-0.05, 0) is 77.9 Å². The van der Waals surface area contributed by atoms with Crippen molar-refractivity contribution < 1.29 is 4.74 Å². The van der Waals surface area contributed by atoms with Crippen molar-refractivity contribution in [3.63, 3.8) is 0 Å². The van der Waals surface area contributed by atoms with Crippen LogP contribution < -0.4 is 10.1 Å². The van der Waals surface area contributed by atoms with Crippen molar-refractivity contribution in [2.24, 2.45) is 10.9 Å². The first kappa shape index (κ1) is 25.3. The minimum atomic E-state index is 0.281. The maximum atomic E-state index is 6.33. The summed E-state index contributed by atoms with van der Waals surface area (Å²) in [5, 5.41) is 6.16. The molecular formula is C38H34N2O. The van der Waals surface area contributed by atoms with Crippen molar-refractivity contribution in [2.45, 2.75) is 38.8 Å². The van der Waals surface area contributed by atoms with E-state index in [9.17, 15) is 0 Å². The summed E-state index contributed by atoms with van der Waals surface area (Å²) in [5.74, 6) is 1.84. The molecule has 0 saturated carbocycles. The molecule has 3 nitrogen and oxygen atoms in total. The van der Waals surface area contributed by atoms with Gasteiger partial charge in [0, 0.05) is 23.4 Å². The molecule has 1 aliphatic heterocycles. The highest BCUT2D eigenvalue weighted by Crippen LogP contribution is 2.50. The summed E-state index contributed by atoms with van der Waals surface area (Å²) in [6.07, 6.45) is 7.80. The standard InChI is InChI=1S/C38H34N2O/c1-25-10-13-27(14-11-25)24-41-37-21-17-28-6-3-4-7-31(28)35(37)23-39-30-18-15-29(16-19-30)38-33-9-5-8-32(33)34-22-26(2)12-20-36(34)40-38/h3-8,10-23,32-33,38,40H,9,24H2,1-2H3/t32-,33+,38-/m0/s1. The number of nitrogens with one attached hydrogen (secondary N) is 1. The number of nitrogens with zero attached hydrogens (tertiary/aromatic N) is 1. The fourth-order valence-corrected chi connectivity index (χ4v) is 6.33. The minimum Gasteiger partial charge on any atom is -0.488 e. The SMILES string of the molecule is Cc1ccc(COc2ccc3ccccc3c2C=Nc2ccc([C@@H]3Nc4ccc(C)cc4[C@H]4C=CC[C@H]43)cc2)cc1. The third-order valence-electron chi connectivity index (χ3n) is 8.56. The molecule has 202 valence electrons. The van der Waals surface area contributed by atoms with Crippen LogP contribution in [0.1, 0.15) is 51.8 Å². The van der Waals surface area contributed by atoms with Gasteiger partial charge in [-0.2, -0.15) is 0 Å². The van der Waals surface area contributed by atoms with Crippen LogP contribution in [-0.2, 0) is 6.61 Å². The first-order valence-corrected chi connectivity index (χ1v) is 14.5. The molecule has 0 amide bonds. The molecule has 0 bridgehead atoms. The fraction of sp³-hybridized carbons (Fsp3) is 0.184. The van der Waals surface area contributed by atoms with Gasteiger partial charge in [0.1, 0.15) is 12.4 Å². The Labute approximate surface area is 242 Å². The highest BCUT2D eigenvalue weighted by molar-refractivity contribution is 6.03. The van der Waals surface area contributed by atoms with Crippen LogP contribution in [0.2, 0.25) is 0 Å². The molecule has 3 heteroatoms. The molecule has 2 aliphatic rings. The zero-order valence-electron chi connectivity index (χ0n) is 23.5. The molecule has 0 saturated heterocycles. The van der Waals surface area contributed by atoms with Crippen LogP contribution in [0, 0.1) is 19.8 Å². The van der Waals surface area contributed by atoms with Crippen molar-refractivity contribution >= 4 is 28.4 Å². The minimum absolute atomic E-state index is 0.281. The van der Waals surface area contributed by atoms with E-state index in [1.807, 2.05) is 6.21 Å². The highest BCUT2D eigenvalue weighted by Gasteiger charge is 2.37. The molecule has 0 fully saturated rings. The number of hydrogen-bond donors (Lipinski definition) is 1. The highest BCUT2D eigenvalue weighted by atomic mass is 16.5. The molecule has 0 unspecified atom stereocenters. The van der Waals surface area contributed by atoms with E-state index in [2.05, 4.69) is 134 Å². The van der Waals surface area contributed by atoms with Gasteiger partial charge in [-0.25, -0.2) is 0 Å². The summed E-state index contributed by atoms with van der Waals surface area (Å²) in [4.78, 5) is 4.91. The Hall–Kier alpha value is -4.63. The number of benzene rings is 5.